The molecule has 1 heterocycles. The van der Waals surface area contributed by atoms with Crippen LogP contribution in [0.15, 0.2) is 0 Å². The highest BCUT2D eigenvalue weighted by Gasteiger charge is 2.20. The monoisotopic (exact) mass is 199 g/mol. The van der Waals surface area contributed by atoms with Gasteiger partial charge in [0.25, 0.3) is 0 Å². The second kappa shape index (κ2) is 5.59. The molecular weight excluding hydrogens is 182 g/mol. The molecular formula is C9H17N3O2. The molecule has 2 amide bonds. The van der Waals surface area contributed by atoms with Crippen LogP contribution in [0.5, 0.6) is 0 Å². The molecule has 0 aromatic rings. The summed E-state index contributed by atoms with van der Waals surface area (Å²) < 4.78 is 0. The maximum Gasteiger partial charge on any atom is 0.314 e. The molecule has 1 saturated heterocycles. The van der Waals surface area contributed by atoms with Crippen molar-refractivity contribution in [1.82, 2.24) is 16.0 Å². The van der Waals surface area contributed by atoms with Crippen molar-refractivity contribution in [1.29, 1.82) is 0 Å². The second-order valence-corrected chi connectivity index (χ2v) is 3.44. The van der Waals surface area contributed by atoms with Gasteiger partial charge in [-0.15, -0.1) is 0 Å². The van der Waals surface area contributed by atoms with E-state index in [0.29, 0.717) is 0 Å². The summed E-state index contributed by atoms with van der Waals surface area (Å²) in [6.45, 7) is 1.87. The SMILES string of the molecule is CNC(=O)NCC(=O)C1CCCNC1. The normalized spacial score (nSPS) is 21.4. The van der Waals surface area contributed by atoms with Gasteiger partial charge in [-0.2, -0.15) is 0 Å². The van der Waals surface area contributed by atoms with Gasteiger partial charge in [-0.05, 0) is 19.4 Å². The fourth-order valence-corrected chi connectivity index (χ4v) is 1.53. The van der Waals surface area contributed by atoms with Crippen molar-refractivity contribution >= 4 is 11.8 Å². The Morgan fingerprint density at radius 2 is 2.29 bits per heavy atom. The molecule has 0 aromatic heterocycles. The minimum atomic E-state index is -0.304. The van der Waals surface area contributed by atoms with Gasteiger partial charge in [0, 0.05) is 19.5 Å². The van der Waals surface area contributed by atoms with Gasteiger partial charge in [-0.25, -0.2) is 4.79 Å². The maximum atomic E-state index is 11.5. The molecule has 5 nitrogen and oxygen atoms in total. The topological polar surface area (TPSA) is 70.2 Å². The Morgan fingerprint density at radius 3 is 2.86 bits per heavy atom. The van der Waals surface area contributed by atoms with Gasteiger partial charge in [0.15, 0.2) is 5.78 Å². The molecule has 80 valence electrons. The first-order valence-electron chi connectivity index (χ1n) is 4.93. The highest BCUT2D eigenvalue weighted by Crippen LogP contribution is 2.10. The summed E-state index contributed by atoms with van der Waals surface area (Å²) in [5.41, 5.74) is 0. The van der Waals surface area contributed by atoms with Crippen LogP contribution >= 0.6 is 0 Å². The molecule has 0 aromatic carbocycles. The highest BCUT2D eigenvalue weighted by molar-refractivity contribution is 5.87. The smallest absolute Gasteiger partial charge is 0.314 e. The van der Waals surface area contributed by atoms with Crippen molar-refractivity contribution in [3.8, 4) is 0 Å². The fourth-order valence-electron chi connectivity index (χ4n) is 1.53. The molecule has 1 rings (SSSR count). The van der Waals surface area contributed by atoms with Gasteiger partial charge in [0.05, 0.1) is 6.54 Å². The van der Waals surface area contributed by atoms with Gasteiger partial charge in [0.1, 0.15) is 0 Å². The predicted octanol–water partition coefficient (Wildman–Crippen LogP) is -0.516. The van der Waals surface area contributed by atoms with Crippen molar-refractivity contribution in [3.63, 3.8) is 0 Å². The summed E-state index contributed by atoms with van der Waals surface area (Å²) in [5.74, 6) is 0.182. The number of amides is 2. The van der Waals surface area contributed by atoms with Gasteiger partial charge in [0.2, 0.25) is 0 Å². The molecule has 5 heteroatoms. The largest absolute Gasteiger partial charge is 0.341 e. The van der Waals surface area contributed by atoms with Crippen LogP contribution in [0.4, 0.5) is 4.79 Å². The molecule has 0 saturated carbocycles. The lowest BCUT2D eigenvalue weighted by molar-refractivity contribution is -0.122. The maximum absolute atomic E-state index is 11.5. The van der Waals surface area contributed by atoms with Crippen LogP contribution in [-0.2, 0) is 4.79 Å². The zero-order chi connectivity index (χ0) is 10.4. The summed E-state index contributed by atoms with van der Waals surface area (Å²) in [6, 6.07) is -0.304. The van der Waals surface area contributed by atoms with E-state index in [9.17, 15) is 9.59 Å². The lowest BCUT2D eigenvalue weighted by Crippen LogP contribution is -2.42. The second-order valence-electron chi connectivity index (χ2n) is 3.44. The van der Waals surface area contributed by atoms with Crippen LogP contribution in [0.3, 0.4) is 0 Å². The van der Waals surface area contributed by atoms with E-state index < -0.39 is 0 Å². The number of carbonyl (C=O) groups excluding carboxylic acids is 2. The van der Waals surface area contributed by atoms with Crippen LogP contribution in [0.1, 0.15) is 12.8 Å². The Balaban J connectivity index is 2.23. The van der Waals surface area contributed by atoms with Crippen LogP contribution in [-0.4, -0.2) is 38.5 Å². The van der Waals surface area contributed by atoms with E-state index in [-0.39, 0.29) is 24.3 Å². The highest BCUT2D eigenvalue weighted by atomic mass is 16.2. The third kappa shape index (κ3) is 3.33. The number of ketones is 1. The molecule has 1 aliphatic heterocycles. The number of hydrogen-bond acceptors (Lipinski definition) is 3. The lowest BCUT2D eigenvalue weighted by Gasteiger charge is -2.21. The Morgan fingerprint density at radius 1 is 1.50 bits per heavy atom. The number of hydrogen-bond donors (Lipinski definition) is 3. The molecule has 3 N–H and O–H groups in total. The lowest BCUT2D eigenvalue weighted by atomic mass is 9.95. The molecule has 1 fully saturated rings. The summed E-state index contributed by atoms with van der Waals surface area (Å²) >= 11 is 0. The molecule has 1 atom stereocenters. The average Bonchev–Trinajstić information content (AvgIpc) is 2.26. The number of urea groups is 1. The number of nitrogens with one attached hydrogen (secondary N) is 3. The summed E-state index contributed by atoms with van der Waals surface area (Å²) in [7, 11) is 1.53. The van der Waals surface area contributed by atoms with Crippen LogP contribution in [0.25, 0.3) is 0 Å². The minimum absolute atomic E-state index is 0.0703. The molecule has 14 heavy (non-hydrogen) atoms. The predicted molar refractivity (Wildman–Crippen MR) is 53.1 cm³/mol. The third-order valence-electron chi connectivity index (χ3n) is 2.40. The zero-order valence-electron chi connectivity index (χ0n) is 8.43. The molecule has 1 unspecified atom stereocenters. The number of Topliss-reactive ketones (excluding diaryl/α,β-unsaturated/α-hetero) is 1. The van der Waals surface area contributed by atoms with E-state index in [1.54, 1.807) is 0 Å². The zero-order valence-corrected chi connectivity index (χ0v) is 8.43. The summed E-state index contributed by atoms with van der Waals surface area (Å²) in [5, 5.41) is 8.08. The first-order chi connectivity index (χ1) is 6.74. The first-order valence-corrected chi connectivity index (χ1v) is 4.93. The Hall–Kier alpha value is -1.10. The number of rotatable bonds is 3. The number of carbonyl (C=O) groups is 2. The van der Waals surface area contributed by atoms with Crippen molar-refractivity contribution in [2.75, 3.05) is 26.7 Å². The quantitative estimate of drug-likeness (QED) is 0.573. The van der Waals surface area contributed by atoms with E-state index in [2.05, 4.69) is 16.0 Å². The van der Waals surface area contributed by atoms with Crippen molar-refractivity contribution in [2.45, 2.75) is 12.8 Å². The van der Waals surface area contributed by atoms with Gasteiger partial charge in [-0.1, -0.05) is 0 Å². The average molecular weight is 199 g/mol. The Kier molecular flexibility index (Phi) is 4.39. The summed E-state index contributed by atoms with van der Waals surface area (Å²) in [6.07, 6.45) is 1.97. The van der Waals surface area contributed by atoms with E-state index in [0.717, 1.165) is 25.9 Å². The Labute approximate surface area is 83.6 Å². The van der Waals surface area contributed by atoms with Crippen molar-refractivity contribution in [3.05, 3.63) is 0 Å². The van der Waals surface area contributed by atoms with Crippen LogP contribution in [0, 0.1) is 5.92 Å². The first kappa shape index (κ1) is 11.0. The van der Waals surface area contributed by atoms with E-state index >= 15 is 0 Å². The molecule has 0 radical (unpaired) electrons. The van der Waals surface area contributed by atoms with E-state index in [4.69, 9.17) is 0 Å². The number of piperidine rings is 1. The van der Waals surface area contributed by atoms with Gasteiger partial charge >= 0.3 is 6.03 Å². The molecule has 0 aliphatic carbocycles. The fraction of sp³-hybridized carbons (Fsp3) is 0.778. The van der Waals surface area contributed by atoms with E-state index in [1.165, 1.54) is 7.05 Å². The standard InChI is InChI=1S/C9H17N3O2/c1-10-9(14)12-6-8(13)7-3-2-4-11-5-7/h7,11H,2-6H2,1H3,(H2,10,12,14). The van der Waals surface area contributed by atoms with Gasteiger partial charge < -0.3 is 16.0 Å². The Bertz CT molecular complexity index is 212. The van der Waals surface area contributed by atoms with Crippen molar-refractivity contribution in [2.24, 2.45) is 5.92 Å². The van der Waals surface area contributed by atoms with E-state index in [1.807, 2.05) is 0 Å². The summed E-state index contributed by atoms with van der Waals surface area (Å²) in [4.78, 5) is 22.3. The molecule has 0 bridgehead atoms. The molecule has 1 aliphatic rings. The van der Waals surface area contributed by atoms with Gasteiger partial charge in [-0.3, -0.25) is 4.79 Å². The van der Waals surface area contributed by atoms with Crippen molar-refractivity contribution < 1.29 is 9.59 Å². The third-order valence-corrected chi connectivity index (χ3v) is 2.40. The molecule has 0 spiro atoms. The minimum Gasteiger partial charge on any atom is -0.341 e. The van der Waals surface area contributed by atoms with Crippen LogP contribution < -0.4 is 16.0 Å². The van der Waals surface area contributed by atoms with Crippen LogP contribution in [0.2, 0.25) is 0 Å².